The van der Waals surface area contributed by atoms with Crippen LogP contribution in [0.2, 0.25) is 0 Å². The summed E-state index contributed by atoms with van der Waals surface area (Å²) in [5, 5.41) is 5.13. The molecule has 0 aliphatic carbocycles. The second-order valence-corrected chi connectivity index (χ2v) is 5.19. The molecule has 0 radical (unpaired) electrons. The van der Waals surface area contributed by atoms with E-state index < -0.39 is 0 Å². The van der Waals surface area contributed by atoms with Crippen LogP contribution in [0.4, 0.5) is 0 Å². The first kappa shape index (κ1) is 12.5. The summed E-state index contributed by atoms with van der Waals surface area (Å²) < 4.78 is 6.83. The topological polar surface area (TPSA) is 34.1 Å². The zero-order valence-electron chi connectivity index (χ0n) is 9.44. The number of ether oxygens (including phenoxy) is 1. The molecule has 0 aliphatic rings. The maximum Gasteiger partial charge on any atom is 0.131 e. The Kier molecular flexibility index (Phi) is 4.53. The second kappa shape index (κ2) is 6.14. The van der Waals surface area contributed by atoms with Gasteiger partial charge in [0.15, 0.2) is 0 Å². The molecule has 17 heavy (non-hydrogen) atoms. The third kappa shape index (κ3) is 3.52. The average molecular weight is 313 g/mol. The first-order chi connectivity index (χ1) is 8.29. The van der Waals surface area contributed by atoms with Crippen molar-refractivity contribution in [3.8, 4) is 5.75 Å². The third-order valence-corrected chi connectivity index (χ3v) is 3.38. The molecule has 3 nitrogen and oxygen atoms in total. The number of benzene rings is 1. The number of aromatic nitrogens is 1. The van der Waals surface area contributed by atoms with Crippen molar-refractivity contribution in [2.75, 3.05) is 7.05 Å². The molecule has 0 aliphatic heterocycles. The first-order valence-corrected chi connectivity index (χ1v) is 6.96. The molecule has 0 spiro atoms. The lowest BCUT2D eigenvalue weighted by atomic mass is 10.2. The predicted molar refractivity (Wildman–Crippen MR) is 73.4 cm³/mol. The van der Waals surface area contributed by atoms with E-state index in [0.29, 0.717) is 6.61 Å². The van der Waals surface area contributed by atoms with Crippen molar-refractivity contribution in [1.82, 2.24) is 10.3 Å². The monoisotopic (exact) mass is 312 g/mol. The third-order valence-electron chi connectivity index (χ3n) is 2.25. The van der Waals surface area contributed by atoms with Gasteiger partial charge in [-0.3, -0.25) is 0 Å². The fourth-order valence-corrected chi connectivity index (χ4v) is 2.43. The molecule has 1 heterocycles. The molecule has 2 rings (SSSR count). The van der Waals surface area contributed by atoms with E-state index in [0.717, 1.165) is 28.0 Å². The minimum absolute atomic E-state index is 0.516. The number of halogens is 1. The number of hydrogen-bond acceptors (Lipinski definition) is 4. The maximum atomic E-state index is 5.77. The zero-order chi connectivity index (χ0) is 12.1. The number of hydrogen-bond donors (Lipinski definition) is 1. The highest BCUT2D eigenvalue weighted by atomic mass is 79.9. The van der Waals surface area contributed by atoms with Gasteiger partial charge in [0, 0.05) is 22.0 Å². The van der Waals surface area contributed by atoms with Crippen LogP contribution in [0, 0.1) is 0 Å². The standard InChI is InChI=1S/C12H13BrN2OS/c1-14-5-9-4-10(13)2-3-12(9)16-6-11-7-17-8-15-11/h2-4,7-8,14H,5-6H2,1H3. The molecule has 1 aromatic heterocycles. The second-order valence-electron chi connectivity index (χ2n) is 3.55. The van der Waals surface area contributed by atoms with E-state index >= 15 is 0 Å². The Hall–Kier alpha value is -0.910. The van der Waals surface area contributed by atoms with Crippen LogP contribution in [0.5, 0.6) is 5.75 Å². The molecule has 0 saturated heterocycles. The summed E-state index contributed by atoms with van der Waals surface area (Å²) in [6, 6.07) is 6.02. The fourth-order valence-electron chi connectivity index (χ4n) is 1.48. The van der Waals surface area contributed by atoms with E-state index in [1.54, 1.807) is 11.3 Å². The Morgan fingerprint density at radius 1 is 1.47 bits per heavy atom. The Labute approximate surface area is 113 Å². The van der Waals surface area contributed by atoms with E-state index in [2.05, 4.69) is 32.3 Å². The lowest BCUT2D eigenvalue weighted by molar-refractivity contribution is 0.298. The van der Waals surface area contributed by atoms with Crippen molar-refractivity contribution in [1.29, 1.82) is 0 Å². The lowest BCUT2D eigenvalue weighted by Gasteiger charge is -2.10. The van der Waals surface area contributed by atoms with E-state index in [1.165, 1.54) is 0 Å². The summed E-state index contributed by atoms with van der Waals surface area (Å²) >= 11 is 5.04. The number of thiazole rings is 1. The largest absolute Gasteiger partial charge is 0.487 e. The zero-order valence-corrected chi connectivity index (χ0v) is 11.8. The van der Waals surface area contributed by atoms with Gasteiger partial charge < -0.3 is 10.1 Å². The van der Waals surface area contributed by atoms with Crippen LogP contribution in [0.15, 0.2) is 33.6 Å². The normalized spacial score (nSPS) is 10.5. The van der Waals surface area contributed by atoms with Gasteiger partial charge in [-0.2, -0.15) is 0 Å². The lowest BCUT2D eigenvalue weighted by Crippen LogP contribution is -2.07. The van der Waals surface area contributed by atoms with E-state index in [1.807, 2.05) is 30.1 Å². The van der Waals surface area contributed by atoms with Crippen molar-refractivity contribution in [3.63, 3.8) is 0 Å². The highest BCUT2D eigenvalue weighted by Gasteiger charge is 2.05. The summed E-state index contributed by atoms with van der Waals surface area (Å²) in [6.45, 7) is 1.30. The molecule has 0 amide bonds. The van der Waals surface area contributed by atoms with Gasteiger partial charge in [-0.15, -0.1) is 11.3 Å². The summed E-state index contributed by atoms with van der Waals surface area (Å²) in [5.74, 6) is 0.899. The van der Waals surface area contributed by atoms with Crippen LogP contribution in [-0.4, -0.2) is 12.0 Å². The highest BCUT2D eigenvalue weighted by molar-refractivity contribution is 9.10. The predicted octanol–water partition coefficient (Wildman–Crippen LogP) is 3.20. The van der Waals surface area contributed by atoms with Crippen molar-refractivity contribution in [2.45, 2.75) is 13.2 Å². The molecule has 0 bridgehead atoms. The van der Waals surface area contributed by atoms with E-state index in [-0.39, 0.29) is 0 Å². The smallest absolute Gasteiger partial charge is 0.131 e. The van der Waals surface area contributed by atoms with Gasteiger partial charge in [0.1, 0.15) is 12.4 Å². The molecule has 1 aromatic carbocycles. The molecule has 0 unspecified atom stereocenters. The van der Waals surface area contributed by atoms with Crippen LogP contribution in [-0.2, 0) is 13.2 Å². The molecule has 2 aromatic rings. The Balaban J connectivity index is 2.08. The van der Waals surface area contributed by atoms with E-state index in [9.17, 15) is 0 Å². The van der Waals surface area contributed by atoms with Crippen molar-refractivity contribution >= 4 is 27.3 Å². The molecule has 90 valence electrons. The number of rotatable bonds is 5. The number of nitrogens with zero attached hydrogens (tertiary/aromatic N) is 1. The molecular formula is C12H13BrN2OS. The van der Waals surface area contributed by atoms with Gasteiger partial charge in [-0.25, -0.2) is 4.98 Å². The summed E-state index contributed by atoms with van der Waals surface area (Å²) in [4.78, 5) is 4.19. The van der Waals surface area contributed by atoms with E-state index in [4.69, 9.17) is 4.74 Å². The fraction of sp³-hybridized carbons (Fsp3) is 0.250. The van der Waals surface area contributed by atoms with Gasteiger partial charge in [-0.05, 0) is 25.2 Å². The molecule has 1 N–H and O–H groups in total. The van der Waals surface area contributed by atoms with Crippen molar-refractivity contribution < 1.29 is 4.74 Å². The van der Waals surface area contributed by atoms with Crippen molar-refractivity contribution in [3.05, 3.63) is 44.8 Å². The van der Waals surface area contributed by atoms with Gasteiger partial charge in [0.05, 0.1) is 11.2 Å². The average Bonchev–Trinajstić information content (AvgIpc) is 2.81. The molecule has 5 heteroatoms. The molecular weight excluding hydrogens is 300 g/mol. The van der Waals surface area contributed by atoms with Crippen LogP contribution in [0.1, 0.15) is 11.3 Å². The molecule has 0 fully saturated rings. The molecule has 0 atom stereocenters. The van der Waals surface area contributed by atoms with Gasteiger partial charge in [-0.1, -0.05) is 15.9 Å². The Bertz CT molecular complexity index is 473. The highest BCUT2D eigenvalue weighted by Crippen LogP contribution is 2.24. The van der Waals surface area contributed by atoms with Crippen LogP contribution in [0.3, 0.4) is 0 Å². The van der Waals surface area contributed by atoms with Crippen molar-refractivity contribution in [2.24, 2.45) is 0 Å². The summed E-state index contributed by atoms with van der Waals surface area (Å²) in [7, 11) is 1.92. The minimum Gasteiger partial charge on any atom is -0.487 e. The van der Waals surface area contributed by atoms with Crippen LogP contribution in [0.25, 0.3) is 0 Å². The maximum absolute atomic E-state index is 5.77. The summed E-state index contributed by atoms with van der Waals surface area (Å²) in [6.07, 6.45) is 0. The minimum atomic E-state index is 0.516. The van der Waals surface area contributed by atoms with Gasteiger partial charge in [0.25, 0.3) is 0 Å². The number of nitrogens with one attached hydrogen (secondary N) is 1. The molecule has 0 saturated carbocycles. The van der Waals surface area contributed by atoms with Crippen LogP contribution < -0.4 is 10.1 Å². The Morgan fingerprint density at radius 3 is 3.06 bits per heavy atom. The van der Waals surface area contributed by atoms with Crippen LogP contribution >= 0.6 is 27.3 Å². The first-order valence-electron chi connectivity index (χ1n) is 5.22. The van der Waals surface area contributed by atoms with Gasteiger partial charge in [0.2, 0.25) is 0 Å². The Morgan fingerprint density at radius 2 is 2.35 bits per heavy atom. The quantitative estimate of drug-likeness (QED) is 0.920. The SMILES string of the molecule is CNCc1cc(Br)ccc1OCc1cscn1. The van der Waals surface area contributed by atoms with Gasteiger partial charge >= 0.3 is 0 Å². The summed E-state index contributed by atoms with van der Waals surface area (Å²) in [5.41, 5.74) is 3.92.